The Labute approximate surface area is 439 Å². The van der Waals surface area contributed by atoms with E-state index in [2.05, 4.69) is 188 Å². The van der Waals surface area contributed by atoms with Gasteiger partial charge in [0, 0.05) is 65.6 Å². The van der Waals surface area contributed by atoms with Crippen LogP contribution < -0.4 is 0 Å². The number of hydrogen-bond donors (Lipinski definition) is 0. The van der Waals surface area contributed by atoms with E-state index >= 15 is 13.2 Å². The van der Waals surface area contributed by atoms with Gasteiger partial charge in [-0.3, -0.25) is 0 Å². The van der Waals surface area contributed by atoms with Gasteiger partial charge in [0.1, 0.15) is 0 Å². The van der Waals surface area contributed by atoms with Crippen molar-refractivity contribution in [2.45, 2.75) is 13.1 Å². The van der Waals surface area contributed by atoms with E-state index in [4.69, 9.17) is 0 Å². The molecule has 5 nitrogen and oxygen atoms in total. The van der Waals surface area contributed by atoms with Gasteiger partial charge in [0.05, 0.1) is 72.7 Å². The number of aryl methyl sites for hydroxylation is 1. The molecule has 0 atom stereocenters. The molecule has 0 amide bonds. The topological polar surface area (TPSA) is 43.5 Å². The van der Waals surface area contributed by atoms with Crippen LogP contribution in [0.3, 0.4) is 0 Å². The van der Waals surface area contributed by atoms with Crippen molar-refractivity contribution in [1.82, 2.24) is 18.3 Å². The number of hydrogen-bond acceptors (Lipinski definition) is 1. The van der Waals surface area contributed by atoms with E-state index in [1.165, 1.54) is 22.9 Å². The third-order valence-electron chi connectivity index (χ3n) is 15.8. The second-order valence-electron chi connectivity index (χ2n) is 19.9. The number of fused-ring (bicyclic) bond motifs is 12. The minimum absolute atomic E-state index is 0.128. The maximum atomic E-state index is 15.1. The Morgan fingerprint density at radius 3 is 1.16 bits per heavy atom. The Bertz CT molecular complexity index is 4910. The second-order valence-corrected chi connectivity index (χ2v) is 19.9. The van der Waals surface area contributed by atoms with Crippen LogP contribution in [0.25, 0.3) is 132 Å². The van der Waals surface area contributed by atoms with Crippen molar-refractivity contribution in [1.29, 1.82) is 5.26 Å². The van der Waals surface area contributed by atoms with Crippen LogP contribution in [0, 0.1) is 18.3 Å². The van der Waals surface area contributed by atoms with Crippen LogP contribution in [-0.2, 0) is 6.18 Å². The lowest BCUT2D eigenvalue weighted by Gasteiger charge is -2.21. The Hall–Kier alpha value is -10.1. The molecule has 0 aliphatic heterocycles. The molecule has 0 bridgehead atoms. The molecule has 15 rings (SSSR count). The summed E-state index contributed by atoms with van der Waals surface area (Å²) in [6, 6.07) is 81.8. The number of nitriles is 1. The number of benzene rings is 11. The minimum Gasteiger partial charge on any atom is -0.309 e. The highest BCUT2D eigenvalue weighted by Gasteiger charge is 2.35. The maximum Gasteiger partial charge on any atom is 0.417 e. The molecule has 77 heavy (non-hydrogen) atoms. The van der Waals surface area contributed by atoms with E-state index in [0.29, 0.717) is 22.4 Å². The summed E-state index contributed by atoms with van der Waals surface area (Å²) in [5.74, 6) is 0. The van der Waals surface area contributed by atoms with Gasteiger partial charge in [-0.25, -0.2) is 0 Å². The Morgan fingerprint density at radius 2 is 0.727 bits per heavy atom. The van der Waals surface area contributed by atoms with Gasteiger partial charge in [0.25, 0.3) is 0 Å². The van der Waals surface area contributed by atoms with Crippen LogP contribution in [0.2, 0.25) is 0 Å². The number of para-hydroxylation sites is 6. The number of aromatic nitrogens is 4. The van der Waals surface area contributed by atoms with Crippen molar-refractivity contribution in [3.05, 3.63) is 253 Å². The van der Waals surface area contributed by atoms with Crippen LogP contribution in [0.15, 0.2) is 237 Å². The van der Waals surface area contributed by atoms with Gasteiger partial charge in [-0.1, -0.05) is 140 Å². The van der Waals surface area contributed by atoms with Gasteiger partial charge in [0.15, 0.2) is 0 Å². The zero-order valence-electron chi connectivity index (χ0n) is 41.4. The van der Waals surface area contributed by atoms with Gasteiger partial charge >= 0.3 is 6.18 Å². The van der Waals surface area contributed by atoms with E-state index in [-0.39, 0.29) is 5.56 Å². The molecule has 0 N–H and O–H groups in total. The first-order valence-electron chi connectivity index (χ1n) is 25.6. The summed E-state index contributed by atoms with van der Waals surface area (Å²) in [7, 11) is 0. The predicted molar refractivity (Wildman–Crippen MR) is 309 cm³/mol. The smallest absolute Gasteiger partial charge is 0.309 e. The van der Waals surface area contributed by atoms with E-state index in [9.17, 15) is 5.26 Å². The molecule has 0 fully saturated rings. The lowest BCUT2D eigenvalue weighted by atomic mass is 9.91. The molecule has 0 saturated heterocycles. The van der Waals surface area contributed by atoms with E-state index < -0.39 is 11.7 Å². The van der Waals surface area contributed by atoms with Crippen LogP contribution in [0.1, 0.15) is 16.7 Å². The second kappa shape index (κ2) is 16.7. The molecule has 364 valence electrons. The van der Waals surface area contributed by atoms with E-state index in [1.54, 1.807) is 13.0 Å². The summed E-state index contributed by atoms with van der Waals surface area (Å²) < 4.78 is 54.5. The van der Waals surface area contributed by atoms with Crippen LogP contribution in [0.4, 0.5) is 13.2 Å². The van der Waals surface area contributed by atoms with Crippen molar-refractivity contribution in [2.75, 3.05) is 0 Å². The fourth-order valence-electron chi connectivity index (χ4n) is 12.5. The fourth-order valence-corrected chi connectivity index (χ4v) is 12.5. The molecule has 0 aliphatic rings. The summed E-state index contributed by atoms with van der Waals surface area (Å²) >= 11 is 0. The molecule has 4 aromatic heterocycles. The molecule has 4 heterocycles. The summed E-state index contributed by atoms with van der Waals surface area (Å²) in [5, 5.41) is 19.4. The average molecular weight is 998 g/mol. The molecular weight excluding hydrogens is 956 g/mol. The summed E-state index contributed by atoms with van der Waals surface area (Å²) in [6.07, 6.45) is -4.60. The lowest BCUT2D eigenvalue weighted by Crippen LogP contribution is -2.08. The van der Waals surface area contributed by atoms with Crippen LogP contribution in [0.5, 0.6) is 0 Å². The Balaban J connectivity index is 1.01. The van der Waals surface area contributed by atoms with Crippen molar-refractivity contribution in [2.24, 2.45) is 0 Å². The van der Waals surface area contributed by atoms with Crippen LogP contribution in [-0.4, -0.2) is 18.3 Å². The largest absolute Gasteiger partial charge is 0.417 e. The molecule has 0 radical (unpaired) electrons. The first-order chi connectivity index (χ1) is 37.7. The fraction of sp³-hybridized carbons (Fsp3) is 0.0290. The third-order valence-corrected chi connectivity index (χ3v) is 15.8. The summed E-state index contributed by atoms with van der Waals surface area (Å²) in [4.78, 5) is 0. The Kier molecular flexibility index (Phi) is 9.63. The van der Waals surface area contributed by atoms with Gasteiger partial charge in [-0.15, -0.1) is 0 Å². The molecular formula is C69H42F3N5. The number of nitrogens with zero attached hydrogens (tertiary/aromatic N) is 5. The summed E-state index contributed by atoms with van der Waals surface area (Å²) in [5.41, 5.74) is 14.0. The van der Waals surface area contributed by atoms with E-state index in [0.717, 1.165) is 105 Å². The first-order valence-corrected chi connectivity index (χ1v) is 25.6. The highest BCUT2D eigenvalue weighted by atomic mass is 19.4. The maximum absolute atomic E-state index is 15.1. The minimum atomic E-state index is -4.60. The third kappa shape index (κ3) is 6.60. The van der Waals surface area contributed by atoms with Gasteiger partial charge < -0.3 is 18.3 Å². The zero-order chi connectivity index (χ0) is 51.7. The van der Waals surface area contributed by atoms with Gasteiger partial charge in [-0.2, -0.15) is 18.4 Å². The standard InChI is InChI=1S/C69H42F3N5/c1-42-15-14-22-57(69(70,71)72)68(42)44-30-34-54(67(38-44)77-63-28-13-7-21-52(63)56-40-46(32-36-65(56)77)75-60-25-10-4-18-49(60)50-19-5-11-26-61(50)75)53-33-29-43(41-73)37-66(53)76-62-27-12-6-20-51(62)55-39-45(31-35-64(55)76)74-58-23-8-2-16-47(58)48-17-3-9-24-59(48)74/h2-40H,1H3. The zero-order valence-corrected chi connectivity index (χ0v) is 41.4. The molecule has 15 aromatic rings. The molecule has 11 aromatic carbocycles. The van der Waals surface area contributed by atoms with Crippen molar-refractivity contribution in [3.8, 4) is 51.1 Å². The highest BCUT2D eigenvalue weighted by Crippen LogP contribution is 2.46. The SMILES string of the molecule is Cc1cccc(C(F)(F)F)c1-c1ccc(-c2ccc(C#N)cc2-n2c3ccccc3c3cc(-n4c5ccccc5c5ccccc54)ccc32)c(-n2c3ccccc3c3cc(-n4c5ccccc5c5ccccc54)ccc32)c1. The number of alkyl halides is 3. The van der Waals surface area contributed by atoms with Crippen LogP contribution >= 0.6 is 0 Å². The molecule has 0 unspecified atom stereocenters. The first kappa shape index (κ1) is 44.4. The van der Waals surface area contributed by atoms with E-state index in [1.807, 2.05) is 54.6 Å². The molecule has 0 aliphatic carbocycles. The summed E-state index contributed by atoms with van der Waals surface area (Å²) in [6.45, 7) is 1.74. The quantitative estimate of drug-likeness (QED) is 0.164. The van der Waals surface area contributed by atoms with Crippen molar-refractivity contribution < 1.29 is 13.2 Å². The van der Waals surface area contributed by atoms with Crippen molar-refractivity contribution >= 4 is 87.2 Å². The lowest BCUT2D eigenvalue weighted by molar-refractivity contribution is -0.137. The average Bonchev–Trinajstić information content (AvgIpc) is 4.33. The van der Waals surface area contributed by atoms with Gasteiger partial charge in [0.2, 0.25) is 0 Å². The van der Waals surface area contributed by atoms with Crippen molar-refractivity contribution in [3.63, 3.8) is 0 Å². The highest BCUT2D eigenvalue weighted by molar-refractivity contribution is 6.15. The Morgan fingerprint density at radius 1 is 0.351 bits per heavy atom. The normalized spacial score (nSPS) is 12.1. The monoisotopic (exact) mass is 997 g/mol. The predicted octanol–water partition coefficient (Wildman–Crippen LogP) is 18.6. The van der Waals surface area contributed by atoms with Gasteiger partial charge in [-0.05, 0) is 121 Å². The molecule has 0 spiro atoms. The molecule has 8 heteroatoms. The molecule has 0 saturated carbocycles. The number of rotatable bonds is 6. The number of halogens is 3.